The molecule has 1 aromatic carbocycles. The second kappa shape index (κ2) is 5.13. The number of hydrogen-bond donors (Lipinski definition) is 2. The molecule has 15 heavy (non-hydrogen) atoms. The van der Waals surface area contributed by atoms with Crippen LogP contribution in [0.5, 0.6) is 0 Å². The van der Waals surface area contributed by atoms with Gasteiger partial charge >= 0.3 is 0 Å². The number of nitrogens with one attached hydrogen (secondary N) is 1. The van der Waals surface area contributed by atoms with Gasteiger partial charge in [0, 0.05) is 6.54 Å². The van der Waals surface area contributed by atoms with Gasteiger partial charge in [0.1, 0.15) is 0 Å². The molecule has 0 radical (unpaired) electrons. The summed E-state index contributed by atoms with van der Waals surface area (Å²) in [6.45, 7) is 2.68. The highest BCUT2D eigenvalue weighted by Crippen LogP contribution is 2.09. The third kappa shape index (κ3) is 3.41. The average Bonchev–Trinajstić information content (AvgIpc) is 2.20. The summed E-state index contributed by atoms with van der Waals surface area (Å²) in [5.41, 5.74) is 7.74. The van der Waals surface area contributed by atoms with Gasteiger partial charge in [0.05, 0.1) is 18.2 Å². The minimum Gasteiger partial charge on any atom is -0.369 e. The van der Waals surface area contributed by atoms with Gasteiger partial charge in [-0.1, -0.05) is 6.07 Å². The molecule has 78 valence electrons. The first-order valence-electron chi connectivity index (χ1n) is 4.62. The van der Waals surface area contributed by atoms with Gasteiger partial charge < -0.3 is 11.1 Å². The molecular weight excluding hydrogens is 190 g/mol. The second-order valence-corrected chi connectivity index (χ2v) is 3.32. The lowest BCUT2D eigenvalue weighted by Crippen LogP contribution is -2.28. The Balaban J connectivity index is 2.63. The summed E-state index contributed by atoms with van der Waals surface area (Å²) in [5, 5.41) is 11.6. The standard InChI is InChI=1S/C11H13N3O/c1-8-4-9(5-12)2-3-10(8)6-14-7-11(13)15/h2-4,14H,6-7H2,1H3,(H2,13,15). The maximum Gasteiger partial charge on any atom is 0.231 e. The minimum absolute atomic E-state index is 0.166. The Morgan fingerprint density at radius 2 is 2.33 bits per heavy atom. The Morgan fingerprint density at radius 3 is 2.87 bits per heavy atom. The van der Waals surface area contributed by atoms with Crippen LogP contribution in [0.2, 0.25) is 0 Å². The van der Waals surface area contributed by atoms with Crippen LogP contribution in [-0.4, -0.2) is 12.5 Å². The predicted octanol–water partition coefficient (Wildman–Crippen LogP) is 0.442. The fourth-order valence-electron chi connectivity index (χ4n) is 1.28. The summed E-state index contributed by atoms with van der Waals surface area (Å²) in [6.07, 6.45) is 0. The molecule has 0 atom stereocenters. The highest BCUT2D eigenvalue weighted by atomic mass is 16.1. The largest absolute Gasteiger partial charge is 0.369 e. The van der Waals surface area contributed by atoms with E-state index in [1.807, 2.05) is 19.1 Å². The lowest BCUT2D eigenvalue weighted by molar-refractivity contribution is -0.117. The van der Waals surface area contributed by atoms with Gasteiger partial charge in [-0.05, 0) is 30.2 Å². The Morgan fingerprint density at radius 1 is 1.60 bits per heavy atom. The van der Waals surface area contributed by atoms with Crippen LogP contribution < -0.4 is 11.1 Å². The van der Waals surface area contributed by atoms with Gasteiger partial charge in [-0.25, -0.2) is 0 Å². The van der Waals surface area contributed by atoms with Gasteiger partial charge in [-0.3, -0.25) is 4.79 Å². The van der Waals surface area contributed by atoms with Crippen LogP contribution in [0, 0.1) is 18.3 Å². The molecular formula is C11H13N3O. The van der Waals surface area contributed by atoms with Crippen molar-refractivity contribution in [2.24, 2.45) is 5.73 Å². The van der Waals surface area contributed by atoms with Crippen LogP contribution in [0.25, 0.3) is 0 Å². The Bertz CT molecular complexity index is 407. The zero-order valence-corrected chi connectivity index (χ0v) is 8.58. The van der Waals surface area contributed by atoms with Crippen molar-refractivity contribution in [3.63, 3.8) is 0 Å². The SMILES string of the molecule is Cc1cc(C#N)ccc1CNCC(N)=O. The van der Waals surface area contributed by atoms with E-state index in [0.29, 0.717) is 12.1 Å². The summed E-state index contributed by atoms with van der Waals surface area (Å²) < 4.78 is 0. The molecule has 1 amide bonds. The fraction of sp³-hybridized carbons (Fsp3) is 0.273. The minimum atomic E-state index is -0.374. The van der Waals surface area contributed by atoms with E-state index in [9.17, 15) is 4.79 Å². The van der Waals surface area contributed by atoms with Gasteiger partial charge in [-0.2, -0.15) is 5.26 Å². The van der Waals surface area contributed by atoms with Crippen molar-refractivity contribution >= 4 is 5.91 Å². The monoisotopic (exact) mass is 203 g/mol. The average molecular weight is 203 g/mol. The number of nitrogens with zero attached hydrogens (tertiary/aromatic N) is 1. The maximum absolute atomic E-state index is 10.5. The van der Waals surface area contributed by atoms with E-state index < -0.39 is 0 Å². The first kappa shape index (κ1) is 11.2. The Hall–Kier alpha value is -1.86. The Kier molecular flexibility index (Phi) is 3.83. The molecule has 0 saturated carbocycles. The van der Waals surface area contributed by atoms with Gasteiger partial charge in [0.15, 0.2) is 0 Å². The number of carbonyl (C=O) groups excluding carboxylic acids is 1. The zero-order valence-electron chi connectivity index (χ0n) is 8.58. The van der Waals surface area contributed by atoms with Gasteiger partial charge in [-0.15, -0.1) is 0 Å². The summed E-state index contributed by atoms with van der Waals surface area (Å²) in [5.74, 6) is -0.374. The lowest BCUT2D eigenvalue weighted by atomic mass is 10.1. The maximum atomic E-state index is 10.5. The molecule has 0 heterocycles. The van der Waals surface area contributed by atoms with Crippen molar-refractivity contribution in [1.29, 1.82) is 5.26 Å². The molecule has 0 bridgehead atoms. The number of rotatable bonds is 4. The highest BCUT2D eigenvalue weighted by molar-refractivity contribution is 5.75. The summed E-state index contributed by atoms with van der Waals surface area (Å²) in [4.78, 5) is 10.5. The van der Waals surface area contributed by atoms with Crippen LogP contribution in [0.4, 0.5) is 0 Å². The van der Waals surface area contributed by atoms with E-state index in [2.05, 4.69) is 11.4 Å². The molecule has 1 rings (SSSR count). The fourth-order valence-corrected chi connectivity index (χ4v) is 1.28. The highest BCUT2D eigenvalue weighted by Gasteiger charge is 2.00. The topological polar surface area (TPSA) is 78.9 Å². The number of carbonyl (C=O) groups is 1. The van der Waals surface area contributed by atoms with E-state index in [1.165, 1.54) is 0 Å². The van der Waals surface area contributed by atoms with Crippen molar-refractivity contribution in [3.8, 4) is 6.07 Å². The van der Waals surface area contributed by atoms with Crippen molar-refractivity contribution in [3.05, 3.63) is 34.9 Å². The number of nitrogens with two attached hydrogens (primary N) is 1. The molecule has 3 N–H and O–H groups in total. The van der Waals surface area contributed by atoms with Crippen LogP contribution in [0.3, 0.4) is 0 Å². The molecule has 4 heteroatoms. The van der Waals surface area contributed by atoms with E-state index in [4.69, 9.17) is 11.0 Å². The van der Waals surface area contributed by atoms with Crippen molar-refractivity contribution in [2.45, 2.75) is 13.5 Å². The van der Waals surface area contributed by atoms with Crippen molar-refractivity contribution in [1.82, 2.24) is 5.32 Å². The van der Waals surface area contributed by atoms with E-state index in [0.717, 1.165) is 11.1 Å². The summed E-state index contributed by atoms with van der Waals surface area (Å²) in [6, 6.07) is 7.53. The third-order valence-electron chi connectivity index (χ3n) is 2.09. The first-order valence-corrected chi connectivity index (χ1v) is 4.62. The predicted molar refractivity (Wildman–Crippen MR) is 56.8 cm³/mol. The number of amides is 1. The van der Waals surface area contributed by atoms with Crippen LogP contribution >= 0.6 is 0 Å². The van der Waals surface area contributed by atoms with E-state index in [-0.39, 0.29) is 12.5 Å². The summed E-state index contributed by atoms with van der Waals surface area (Å²) in [7, 11) is 0. The molecule has 0 unspecified atom stereocenters. The molecule has 0 aliphatic rings. The Labute approximate surface area is 88.7 Å². The number of nitriles is 1. The molecule has 0 saturated heterocycles. The number of benzene rings is 1. The smallest absolute Gasteiger partial charge is 0.231 e. The van der Waals surface area contributed by atoms with Crippen molar-refractivity contribution < 1.29 is 4.79 Å². The van der Waals surface area contributed by atoms with E-state index >= 15 is 0 Å². The third-order valence-corrected chi connectivity index (χ3v) is 2.09. The number of aryl methyl sites for hydroxylation is 1. The molecule has 0 aliphatic heterocycles. The number of primary amides is 1. The molecule has 0 aliphatic carbocycles. The second-order valence-electron chi connectivity index (χ2n) is 3.32. The van der Waals surface area contributed by atoms with Crippen molar-refractivity contribution in [2.75, 3.05) is 6.54 Å². The lowest BCUT2D eigenvalue weighted by Gasteiger charge is -2.06. The molecule has 0 fully saturated rings. The quantitative estimate of drug-likeness (QED) is 0.745. The van der Waals surface area contributed by atoms with Gasteiger partial charge in [0.2, 0.25) is 5.91 Å². The number of hydrogen-bond acceptors (Lipinski definition) is 3. The first-order chi connectivity index (χ1) is 7.13. The molecule has 4 nitrogen and oxygen atoms in total. The molecule has 1 aromatic rings. The van der Waals surface area contributed by atoms with Crippen LogP contribution in [0.1, 0.15) is 16.7 Å². The van der Waals surface area contributed by atoms with E-state index in [1.54, 1.807) is 6.07 Å². The van der Waals surface area contributed by atoms with Crippen LogP contribution in [0.15, 0.2) is 18.2 Å². The van der Waals surface area contributed by atoms with Crippen LogP contribution in [-0.2, 0) is 11.3 Å². The summed E-state index contributed by atoms with van der Waals surface area (Å²) >= 11 is 0. The molecule has 0 spiro atoms. The van der Waals surface area contributed by atoms with Gasteiger partial charge in [0.25, 0.3) is 0 Å². The molecule has 0 aromatic heterocycles. The normalized spacial score (nSPS) is 9.60. The zero-order chi connectivity index (χ0) is 11.3.